The van der Waals surface area contributed by atoms with Crippen LogP contribution in [0.5, 0.6) is 0 Å². The number of nitriles is 1. The molecule has 1 aromatic carbocycles. The topological polar surface area (TPSA) is 70.7 Å². The average Bonchev–Trinajstić information content (AvgIpc) is 3.16. The van der Waals surface area contributed by atoms with Gasteiger partial charge in [-0.2, -0.15) is 5.26 Å². The summed E-state index contributed by atoms with van der Waals surface area (Å²) in [5.41, 5.74) is 1.62. The Morgan fingerprint density at radius 1 is 1.21 bits per heavy atom. The quantitative estimate of drug-likeness (QED) is 0.711. The van der Waals surface area contributed by atoms with Crippen molar-refractivity contribution >= 4 is 17.7 Å². The molecule has 1 unspecified atom stereocenters. The molecule has 1 aromatic heterocycles. The van der Waals surface area contributed by atoms with Gasteiger partial charge in [-0.3, -0.25) is 9.36 Å². The van der Waals surface area contributed by atoms with E-state index < -0.39 is 5.54 Å². The number of carbonyl (C=O) groups excluding carboxylic acids is 1. The summed E-state index contributed by atoms with van der Waals surface area (Å²) in [7, 11) is 0. The molecule has 148 valence electrons. The molecule has 1 amide bonds. The Balaban J connectivity index is 1.69. The number of thioether (sulfide) groups is 1. The lowest BCUT2D eigenvalue weighted by Gasteiger charge is -2.32. The Hall–Kier alpha value is -2.26. The maximum atomic E-state index is 12.7. The lowest BCUT2D eigenvalue weighted by atomic mass is 9.83. The van der Waals surface area contributed by atoms with Crippen molar-refractivity contribution in [2.75, 3.05) is 0 Å². The zero-order chi connectivity index (χ0) is 20.1. The second kappa shape index (κ2) is 8.83. The van der Waals surface area contributed by atoms with Gasteiger partial charge in [-0.05, 0) is 43.4 Å². The van der Waals surface area contributed by atoms with Crippen LogP contribution in [-0.2, 0) is 4.79 Å². The molecule has 28 heavy (non-hydrogen) atoms. The molecular formula is C22H28N4OS. The molecule has 0 aliphatic heterocycles. The van der Waals surface area contributed by atoms with Crippen LogP contribution < -0.4 is 5.32 Å². The van der Waals surface area contributed by atoms with Gasteiger partial charge < -0.3 is 5.32 Å². The van der Waals surface area contributed by atoms with E-state index in [2.05, 4.69) is 54.5 Å². The fraction of sp³-hybridized carbons (Fsp3) is 0.500. The number of rotatable bonds is 6. The molecule has 0 saturated heterocycles. The second-order valence-corrected chi connectivity index (χ2v) is 9.14. The summed E-state index contributed by atoms with van der Waals surface area (Å²) in [4.78, 5) is 17.2. The largest absolute Gasteiger partial charge is 0.337 e. The molecule has 1 atom stereocenters. The zero-order valence-corrected chi connectivity index (χ0v) is 17.6. The molecule has 1 saturated carbocycles. The van der Waals surface area contributed by atoms with Crippen molar-refractivity contribution in [2.45, 2.75) is 74.7 Å². The van der Waals surface area contributed by atoms with Gasteiger partial charge in [-0.15, -0.1) is 0 Å². The first-order valence-corrected chi connectivity index (χ1v) is 10.9. The summed E-state index contributed by atoms with van der Waals surface area (Å²) in [5, 5.41) is 13.1. The van der Waals surface area contributed by atoms with Crippen molar-refractivity contribution in [3.05, 3.63) is 42.2 Å². The van der Waals surface area contributed by atoms with Gasteiger partial charge in [0.1, 0.15) is 5.54 Å². The van der Waals surface area contributed by atoms with Crippen LogP contribution in [0.15, 0.2) is 41.8 Å². The minimum absolute atomic E-state index is 0.0989. The minimum atomic E-state index is -0.702. The average molecular weight is 397 g/mol. The van der Waals surface area contributed by atoms with E-state index in [9.17, 15) is 10.1 Å². The molecule has 1 aliphatic carbocycles. The molecule has 1 heterocycles. The summed E-state index contributed by atoms with van der Waals surface area (Å²) in [6, 6.07) is 10.8. The van der Waals surface area contributed by atoms with Gasteiger partial charge >= 0.3 is 0 Å². The van der Waals surface area contributed by atoms with Crippen molar-refractivity contribution in [1.82, 2.24) is 14.9 Å². The van der Waals surface area contributed by atoms with Crippen LogP contribution in [0.25, 0.3) is 5.69 Å². The van der Waals surface area contributed by atoms with Crippen LogP contribution in [-0.4, -0.2) is 26.2 Å². The predicted octanol–water partition coefficient (Wildman–Crippen LogP) is 4.82. The summed E-state index contributed by atoms with van der Waals surface area (Å²) in [6.07, 6.45) is 8.26. The third-order valence-electron chi connectivity index (χ3n) is 5.38. The van der Waals surface area contributed by atoms with Crippen molar-refractivity contribution in [3.8, 4) is 11.8 Å². The minimum Gasteiger partial charge on any atom is -0.337 e. The first kappa shape index (κ1) is 20.5. The Morgan fingerprint density at radius 3 is 2.50 bits per heavy atom. The first-order valence-electron chi connectivity index (χ1n) is 9.98. The number of aromatic nitrogens is 2. The summed E-state index contributed by atoms with van der Waals surface area (Å²) in [6.45, 7) is 6.22. The number of carbonyl (C=O) groups is 1. The zero-order valence-electron chi connectivity index (χ0n) is 16.8. The van der Waals surface area contributed by atoms with Crippen LogP contribution >= 0.6 is 11.8 Å². The summed E-state index contributed by atoms with van der Waals surface area (Å²) in [5.74, 6) is 0.389. The van der Waals surface area contributed by atoms with Gasteiger partial charge in [-0.1, -0.05) is 57.0 Å². The molecule has 5 nitrogen and oxygen atoms in total. The third kappa shape index (κ3) is 4.59. The number of imidazole rings is 1. The first-order chi connectivity index (χ1) is 13.4. The molecule has 1 aliphatic rings. The highest BCUT2D eigenvalue weighted by atomic mass is 32.2. The van der Waals surface area contributed by atoms with Gasteiger partial charge in [0, 0.05) is 18.1 Å². The van der Waals surface area contributed by atoms with Crippen LogP contribution in [0.1, 0.15) is 64.4 Å². The van der Waals surface area contributed by atoms with E-state index in [0.717, 1.165) is 42.9 Å². The number of hydrogen-bond acceptors (Lipinski definition) is 4. The molecule has 6 heteroatoms. The monoisotopic (exact) mass is 396 g/mol. The molecule has 0 bridgehead atoms. The van der Waals surface area contributed by atoms with Crippen molar-refractivity contribution in [1.29, 1.82) is 5.26 Å². The number of benzene rings is 1. The van der Waals surface area contributed by atoms with E-state index in [1.165, 1.54) is 17.3 Å². The number of nitrogens with zero attached hydrogens (tertiary/aromatic N) is 3. The molecule has 1 N–H and O–H groups in total. The van der Waals surface area contributed by atoms with Crippen LogP contribution in [0.2, 0.25) is 0 Å². The predicted molar refractivity (Wildman–Crippen MR) is 113 cm³/mol. The number of amides is 1. The number of nitrogens with one attached hydrogen (secondary N) is 1. The molecule has 0 spiro atoms. The normalized spacial score (nSPS) is 17.1. The van der Waals surface area contributed by atoms with Crippen LogP contribution in [0.4, 0.5) is 0 Å². The molecule has 3 rings (SSSR count). The van der Waals surface area contributed by atoms with Gasteiger partial charge in [0.05, 0.1) is 11.3 Å². The second-order valence-electron chi connectivity index (χ2n) is 7.83. The maximum Gasteiger partial charge on any atom is 0.234 e. The Bertz CT molecular complexity index is 844. The highest BCUT2D eigenvalue weighted by Gasteiger charge is 2.35. The lowest BCUT2D eigenvalue weighted by molar-refractivity contribution is -0.121. The van der Waals surface area contributed by atoms with E-state index in [1.807, 2.05) is 17.7 Å². The van der Waals surface area contributed by atoms with E-state index in [-0.39, 0.29) is 11.2 Å². The van der Waals surface area contributed by atoms with Gasteiger partial charge in [0.2, 0.25) is 5.91 Å². The van der Waals surface area contributed by atoms with Crippen molar-refractivity contribution in [3.63, 3.8) is 0 Å². The van der Waals surface area contributed by atoms with Crippen LogP contribution in [0, 0.1) is 11.3 Å². The van der Waals surface area contributed by atoms with Crippen LogP contribution in [0.3, 0.4) is 0 Å². The molecule has 0 radical (unpaired) electrons. The highest BCUT2D eigenvalue weighted by molar-refractivity contribution is 8.00. The maximum absolute atomic E-state index is 12.7. The highest BCUT2D eigenvalue weighted by Crippen LogP contribution is 2.30. The fourth-order valence-corrected chi connectivity index (χ4v) is 4.45. The van der Waals surface area contributed by atoms with E-state index >= 15 is 0 Å². The third-order valence-corrected chi connectivity index (χ3v) is 6.46. The van der Waals surface area contributed by atoms with Gasteiger partial charge in [0.15, 0.2) is 5.16 Å². The smallest absolute Gasteiger partial charge is 0.234 e. The molecular weight excluding hydrogens is 368 g/mol. The standard InChI is InChI=1S/C22H28N4OS/c1-16(2)18-7-9-19(10-8-18)26-14-13-24-21(26)28-17(3)20(27)25-22(15-23)11-5-4-6-12-22/h7-10,13-14,16-17H,4-6,11-12H2,1-3H3,(H,25,27). The SMILES string of the molecule is CC(Sc1nccn1-c1ccc(C(C)C)cc1)C(=O)NC1(C#N)CCCCC1. The van der Waals surface area contributed by atoms with Gasteiger partial charge in [0.25, 0.3) is 0 Å². The van der Waals surface area contributed by atoms with E-state index in [1.54, 1.807) is 6.20 Å². The molecule has 2 aromatic rings. The number of hydrogen-bond donors (Lipinski definition) is 1. The van der Waals surface area contributed by atoms with E-state index in [4.69, 9.17) is 0 Å². The van der Waals surface area contributed by atoms with Crippen molar-refractivity contribution in [2.24, 2.45) is 0 Å². The van der Waals surface area contributed by atoms with Crippen molar-refractivity contribution < 1.29 is 4.79 Å². The fourth-order valence-electron chi connectivity index (χ4n) is 3.56. The summed E-state index contributed by atoms with van der Waals surface area (Å²) >= 11 is 1.42. The summed E-state index contributed by atoms with van der Waals surface area (Å²) < 4.78 is 2.00. The van der Waals surface area contributed by atoms with Gasteiger partial charge in [-0.25, -0.2) is 4.98 Å². The Kier molecular flexibility index (Phi) is 6.46. The molecule has 1 fully saturated rings. The Labute approximate surface area is 171 Å². The Morgan fingerprint density at radius 2 is 1.89 bits per heavy atom. The lowest BCUT2D eigenvalue weighted by Crippen LogP contribution is -2.50. The van der Waals surface area contributed by atoms with E-state index in [0.29, 0.717) is 5.92 Å².